The van der Waals surface area contributed by atoms with Gasteiger partial charge in [0.2, 0.25) is 0 Å². The van der Waals surface area contributed by atoms with E-state index in [1.54, 1.807) is 11.3 Å². The lowest BCUT2D eigenvalue weighted by molar-refractivity contribution is -0.908. The molecule has 1 aliphatic rings. The Bertz CT molecular complexity index is 737. The molecular weight excluding hydrogens is 348 g/mol. The average molecular weight is 376 g/mol. The van der Waals surface area contributed by atoms with Gasteiger partial charge in [-0.25, -0.2) is 9.78 Å². The van der Waals surface area contributed by atoms with Gasteiger partial charge < -0.3 is 10.2 Å². The molecule has 0 bridgehead atoms. The lowest BCUT2D eigenvalue weighted by Crippen LogP contribution is -3.12. The van der Waals surface area contributed by atoms with Gasteiger partial charge in [0.25, 0.3) is 5.91 Å². The number of benzene rings is 1. The number of hydrogen-bond donors (Lipinski definition) is 3. The standard InChI is InChI=1S/C19H26N4O2S/c1-13(18(24)22-19(25)20-14-8-4-3-5-9-14)23(2)12-17-21-15-10-6-7-11-16(15)26-17/h6-7,10-11,13-14H,3-5,8-9,12H2,1-2H3,(H2,20,22,24,25)/p+1/t13-/m0/s1. The number of nitrogens with one attached hydrogen (secondary N) is 3. The Morgan fingerprint density at radius 2 is 2.00 bits per heavy atom. The Balaban J connectivity index is 1.50. The third kappa shape index (κ3) is 4.80. The van der Waals surface area contributed by atoms with Crippen LogP contribution in [0.25, 0.3) is 10.2 Å². The van der Waals surface area contributed by atoms with Crippen LogP contribution in [0.15, 0.2) is 24.3 Å². The summed E-state index contributed by atoms with van der Waals surface area (Å²) in [6.45, 7) is 2.49. The molecule has 1 heterocycles. The second kappa shape index (κ2) is 8.60. The monoisotopic (exact) mass is 375 g/mol. The first-order chi connectivity index (χ1) is 12.5. The van der Waals surface area contributed by atoms with Gasteiger partial charge in [0.05, 0.1) is 17.3 Å². The maximum absolute atomic E-state index is 12.4. The van der Waals surface area contributed by atoms with Gasteiger partial charge in [0.1, 0.15) is 11.6 Å². The minimum Gasteiger partial charge on any atom is -0.335 e. The lowest BCUT2D eigenvalue weighted by Gasteiger charge is -2.24. The average Bonchev–Trinajstić information content (AvgIpc) is 3.03. The highest BCUT2D eigenvalue weighted by Crippen LogP contribution is 2.20. The summed E-state index contributed by atoms with van der Waals surface area (Å²) >= 11 is 1.65. The largest absolute Gasteiger partial charge is 0.335 e. The molecule has 1 unspecified atom stereocenters. The summed E-state index contributed by atoms with van der Waals surface area (Å²) < 4.78 is 1.15. The molecule has 0 spiro atoms. The molecule has 2 atom stereocenters. The molecule has 1 aromatic carbocycles. The van der Waals surface area contributed by atoms with E-state index in [0.717, 1.165) is 45.8 Å². The van der Waals surface area contributed by atoms with Crippen molar-refractivity contribution in [2.75, 3.05) is 7.05 Å². The number of hydrogen-bond acceptors (Lipinski definition) is 4. The van der Waals surface area contributed by atoms with Crippen LogP contribution in [-0.4, -0.2) is 36.1 Å². The zero-order valence-electron chi connectivity index (χ0n) is 15.4. The molecule has 6 nitrogen and oxygen atoms in total. The fourth-order valence-electron chi connectivity index (χ4n) is 3.30. The summed E-state index contributed by atoms with van der Waals surface area (Å²) in [4.78, 5) is 30.1. The van der Waals surface area contributed by atoms with Crippen LogP contribution >= 0.6 is 11.3 Å². The van der Waals surface area contributed by atoms with E-state index in [1.807, 2.05) is 32.2 Å². The molecule has 3 amide bonds. The van der Waals surface area contributed by atoms with Gasteiger partial charge in [-0.05, 0) is 31.9 Å². The first-order valence-corrected chi connectivity index (χ1v) is 10.1. The number of imide groups is 1. The van der Waals surface area contributed by atoms with Crippen LogP contribution < -0.4 is 15.5 Å². The van der Waals surface area contributed by atoms with E-state index >= 15 is 0 Å². The number of rotatable bonds is 5. The van der Waals surface area contributed by atoms with Gasteiger partial charge in [0, 0.05) is 6.04 Å². The van der Waals surface area contributed by atoms with Crippen molar-refractivity contribution in [3.05, 3.63) is 29.3 Å². The Hall–Kier alpha value is -1.99. The second-order valence-corrected chi connectivity index (χ2v) is 8.23. The topological polar surface area (TPSA) is 75.5 Å². The van der Waals surface area contributed by atoms with Gasteiger partial charge in [-0.2, -0.15) is 0 Å². The number of aromatic nitrogens is 1. The van der Waals surface area contributed by atoms with Crippen LogP contribution in [0.5, 0.6) is 0 Å². The van der Waals surface area contributed by atoms with E-state index in [1.165, 1.54) is 6.42 Å². The van der Waals surface area contributed by atoms with Crippen molar-refractivity contribution >= 4 is 33.5 Å². The normalized spacial score (nSPS) is 17.6. The molecule has 1 aliphatic carbocycles. The SMILES string of the molecule is C[C@@H](C(=O)NC(=O)NC1CCCCC1)[NH+](C)Cc1nc2ccccc2s1. The number of para-hydroxylation sites is 1. The highest BCUT2D eigenvalue weighted by molar-refractivity contribution is 7.18. The summed E-state index contributed by atoms with van der Waals surface area (Å²) in [7, 11) is 1.95. The smallest absolute Gasteiger partial charge is 0.321 e. The molecular formula is C19H27N4O2S+. The first-order valence-electron chi connectivity index (χ1n) is 9.31. The summed E-state index contributed by atoms with van der Waals surface area (Å²) in [5, 5.41) is 6.41. The maximum atomic E-state index is 12.4. The van der Waals surface area contributed by atoms with Crippen LogP contribution in [0, 0.1) is 0 Å². The highest BCUT2D eigenvalue weighted by atomic mass is 32.1. The Labute approximate surface area is 158 Å². The number of fused-ring (bicyclic) bond motifs is 1. The van der Waals surface area contributed by atoms with Crippen LogP contribution in [0.1, 0.15) is 44.0 Å². The molecule has 26 heavy (non-hydrogen) atoms. The maximum Gasteiger partial charge on any atom is 0.321 e. The lowest BCUT2D eigenvalue weighted by atomic mass is 9.96. The minimum absolute atomic E-state index is 0.194. The van der Waals surface area contributed by atoms with Crippen LogP contribution in [-0.2, 0) is 11.3 Å². The molecule has 7 heteroatoms. The molecule has 2 aromatic rings. The van der Waals surface area contributed by atoms with E-state index in [0.29, 0.717) is 6.54 Å². The predicted octanol–water partition coefficient (Wildman–Crippen LogP) is 1.86. The zero-order valence-corrected chi connectivity index (χ0v) is 16.2. The number of carbonyl (C=O) groups excluding carboxylic acids is 2. The van der Waals surface area contributed by atoms with Crippen molar-refractivity contribution in [1.82, 2.24) is 15.6 Å². The molecule has 1 saturated carbocycles. The summed E-state index contributed by atoms with van der Waals surface area (Å²) in [5.41, 5.74) is 0.990. The van der Waals surface area contributed by atoms with Crippen molar-refractivity contribution in [2.45, 2.75) is 57.7 Å². The summed E-state index contributed by atoms with van der Waals surface area (Å²) in [5.74, 6) is -0.253. The Morgan fingerprint density at radius 3 is 2.73 bits per heavy atom. The van der Waals surface area contributed by atoms with Crippen molar-refractivity contribution in [3.8, 4) is 0 Å². The van der Waals surface area contributed by atoms with Crippen molar-refractivity contribution < 1.29 is 14.5 Å². The van der Waals surface area contributed by atoms with E-state index < -0.39 is 0 Å². The third-order valence-corrected chi connectivity index (χ3v) is 6.11. The van der Waals surface area contributed by atoms with Gasteiger partial charge in [-0.1, -0.05) is 31.4 Å². The Morgan fingerprint density at radius 1 is 1.27 bits per heavy atom. The van der Waals surface area contributed by atoms with Crippen LogP contribution in [0.3, 0.4) is 0 Å². The van der Waals surface area contributed by atoms with E-state index in [4.69, 9.17) is 0 Å². The van der Waals surface area contributed by atoms with Crippen molar-refractivity contribution in [1.29, 1.82) is 0 Å². The van der Waals surface area contributed by atoms with Gasteiger partial charge >= 0.3 is 6.03 Å². The predicted molar refractivity (Wildman–Crippen MR) is 103 cm³/mol. The van der Waals surface area contributed by atoms with Gasteiger partial charge in [0.15, 0.2) is 6.04 Å². The quantitative estimate of drug-likeness (QED) is 0.747. The summed E-state index contributed by atoms with van der Waals surface area (Å²) in [6.07, 6.45) is 5.52. The van der Waals surface area contributed by atoms with E-state index in [-0.39, 0.29) is 24.0 Å². The fourth-order valence-corrected chi connectivity index (χ4v) is 4.36. The van der Waals surface area contributed by atoms with E-state index in [9.17, 15) is 9.59 Å². The molecule has 1 fully saturated rings. The number of quaternary nitrogens is 1. The van der Waals surface area contributed by atoms with Gasteiger partial charge in [-0.3, -0.25) is 10.1 Å². The van der Waals surface area contributed by atoms with Gasteiger partial charge in [-0.15, -0.1) is 11.3 Å². The molecule has 3 rings (SSSR count). The van der Waals surface area contributed by atoms with E-state index in [2.05, 4.69) is 21.7 Å². The molecule has 3 N–H and O–H groups in total. The van der Waals surface area contributed by atoms with Crippen LogP contribution in [0.2, 0.25) is 0 Å². The number of amides is 3. The third-order valence-electron chi connectivity index (χ3n) is 5.08. The number of nitrogens with zero attached hydrogens (tertiary/aromatic N) is 1. The number of likely N-dealkylation sites (N-methyl/N-ethyl adjacent to an activating group) is 1. The molecule has 1 aromatic heterocycles. The summed E-state index contributed by atoms with van der Waals surface area (Å²) in [6, 6.07) is 7.51. The second-order valence-electron chi connectivity index (χ2n) is 7.12. The zero-order chi connectivity index (χ0) is 18.5. The van der Waals surface area contributed by atoms with Crippen LogP contribution in [0.4, 0.5) is 4.79 Å². The fraction of sp³-hybridized carbons (Fsp3) is 0.526. The number of carbonyl (C=O) groups is 2. The van der Waals surface area contributed by atoms with Crippen molar-refractivity contribution in [2.24, 2.45) is 0 Å². The molecule has 0 aliphatic heterocycles. The number of thiazole rings is 1. The van der Waals surface area contributed by atoms with Crippen molar-refractivity contribution in [3.63, 3.8) is 0 Å². The first kappa shape index (κ1) is 18.8. The number of urea groups is 1. The highest BCUT2D eigenvalue weighted by Gasteiger charge is 2.25. The molecule has 0 radical (unpaired) electrons. The molecule has 0 saturated heterocycles. The Kier molecular flexibility index (Phi) is 6.21. The minimum atomic E-state index is -0.374. The molecule has 140 valence electrons.